The second-order valence-corrected chi connectivity index (χ2v) is 9.03. The van der Waals surface area contributed by atoms with Gasteiger partial charge in [0.05, 0.1) is 10.2 Å². The molecule has 3 rings (SSSR count). The van der Waals surface area contributed by atoms with Crippen LogP contribution in [0, 0.1) is 5.92 Å². The standard InChI is InChI=1S/C23H27N3O5S/c1-13(2)11-18(22(29)30)25-21(28)20(27)16(24)12-14-7-9-15(10-8-14)31-23-26-17-5-3-4-6-19(17)32-23/h3-10,13,16,18,20,27H,11-12,24H2,1-2H3,(H,25,28)(H,29,30)/t16-,18+,20+/m1/s1. The third-order valence-corrected chi connectivity index (χ3v) is 5.78. The molecule has 1 aromatic heterocycles. The Morgan fingerprint density at radius 1 is 1.16 bits per heavy atom. The van der Waals surface area contributed by atoms with E-state index in [0.29, 0.717) is 10.9 Å². The molecule has 0 saturated heterocycles. The summed E-state index contributed by atoms with van der Waals surface area (Å²) in [6.45, 7) is 3.71. The number of aliphatic hydroxyl groups is 1. The molecule has 0 aliphatic carbocycles. The monoisotopic (exact) mass is 457 g/mol. The summed E-state index contributed by atoms with van der Waals surface area (Å²) >= 11 is 1.45. The molecule has 0 radical (unpaired) electrons. The molecule has 0 saturated carbocycles. The molecule has 1 heterocycles. The zero-order valence-electron chi connectivity index (χ0n) is 17.9. The number of aromatic nitrogens is 1. The Balaban J connectivity index is 1.56. The smallest absolute Gasteiger partial charge is 0.326 e. The van der Waals surface area contributed by atoms with Gasteiger partial charge in [0.15, 0.2) is 0 Å². The second kappa shape index (κ2) is 10.5. The van der Waals surface area contributed by atoms with Crippen LogP contribution >= 0.6 is 11.3 Å². The number of hydrogen-bond donors (Lipinski definition) is 4. The molecular weight excluding hydrogens is 430 g/mol. The molecule has 0 unspecified atom stereocenters. The zero-order chi connectivity index (χ0) is 23.3. The summed E-state index contributed by atoms with van der Waals surface area (Å²) in [5.74, 6) is -1.25. The number of aliphatic carboxylic acids is 1. The van der Waals surface area contributed by atoms with Gasteiger partial charge in [-0.25, -0.2) is 9.78 Å². The van der Waals surface area contributed by atoms with Crippen molar-refractivity contribution in [2.75, 3.05) is 0 Å². The number of carbonyl (C=O) groups is 2. The van der Waals surface area contributed by atoms with Gasteiger partial charge in [-0.2, -0.15) is 0 Å². The molecule has 0 spiro atoms. The highest BCUT2D eigenvalue weighted by Gasteiger charge is 2.28. The average molecular weight is 458 g/mol. The van der Waals surface area contributed by atoms with Crippen LogP contribution in [0.2, 0.25) is 0 Å². The van der Waals surface area contributed by atoms with Crippen molar-refractivity contribution in [3.05, 3.63) is 54.1 Å². The Labute approximate surface area is 190 Å². The lowest BCUT2D eigenvalue weighted by molar-refractivity contribution is -0.144. The molecule has 3 atom stereocenters. The van der Waals surface area contributed by atoms with Crippen molar-refractivity contribution in [1.82, 2.24) is 10.3 Å². The summed E-state index contributed by atoms with van der Waals surface area (Å²) in [5, 5.41) is 22.4. The quantitative estimate of drug-likeness (QED) is 0.368. The van der Waals surface area contributed by atoms with Crippen LogP contribution < -0.4 is 15.8 Å². The molecule has 32 heavy (non-hydrogen) atoms. The number of hydrogen-bond acceptors (Lipinski definition) is 7. The number of thiazole rings is 1. The molecule has 3 aromatic rings. The number of nitrogens with one attached hydrogen (secondary N) is 1. The van der Waals surface area contributed by atoms with Crippen LogP contribution in [0.4, 0.5) is 0 Å². The van der Waals surface area contributed by atoms with E-state index in [1.807, 2.05) is 38.1 Å². The topological polar surface area (TPSA) is 135 Å². The maximum absolute atomic E-state index is 12.3. The predicted octanol–water partition coefficient (Wildman–Crippen LogP) is 2.93. The Morgan fingerprint density at radius 3 is 2.47 bits per heavy atom. The van der Waals surface area contributed by atoms with Gasteiger partial charge in [0.2, 0.25) is 0 Å². The summed E-state index contributed by atoms with van der Waals surface area (Å²) in [5.41, 5.74) is 7.69. The Morgan fingerprint density at radius 2 is 1.84 bits per heavy atom. The number of carboxylic acids is 1. The molecule has 1 amide bonds. The molecular formula is C23H27N3O5S. The molecule has 5 N–H and O–H groups in total. The average Bonchev–Trinajstić information content (AvgIpc) is 3.15. The number of nitrogens with two attached hydrogens (primary N) is 1. The molecule has 0 bridgehead atoms. The van der Waals surface area contributed by atoms with E-state index in [1.54, 1.807) is 24.3 Å². The summed E-state index contributed by atoms with van der Waals surface area (Å²) < 4.78 is 6.85. The van der Waals surface area contributed by atoms with Gasteiger partial charge in [-0.15, -0.1) is 0 Å². The van der Waals surface area contributed by atoms with Crippen LogP contribution in [-0.4, -0.2) is 45.3 Å². The maximum atomic E-state index is 12.3. The number of nitrogens with zero attached hydrogens (tertiary/aromatic N) is 1. The highest BCUT2D eigenvalue weighted by Crippen LogP contribution is 2.31. The van der Waals surface area contributed by atoms with E-state index in [4.69, 9.17) is 10.5 Å². The van der Waals surface area contributed by atoms with Gasteiger partial charge in [-0.3, -0.25) is 4.79 Å². The van der Waals surface area contributed by atoms with Gasteiger partial charge in [-0.05, 0) is 48.6 Å². The first kappa shape index (κ1) is 23.6. The summed E-state index contributed by atoms with van der Waals surface area (Å²) in [4.78, 5) is 28.0. The Hall–Kier alpha value is -3.01. The van der Waals surface area contributed by atoms with Crippen molar-refractivity contribution in [2.24, 2.45) is 11.7 Å². The van der Waals surface area contributed by atoms with Crippen molar-refractivity contribution in [3.63, 3.8) is 0 Å². The van der Waals surface area contributed by atoms with Crippen molar-refractivity contribution < 1.29 is 24.5 Å². The number of ether oxygens (including phenoxy) is 1. The minimum atomic E-state index is -1.53. The van der Waals surface area contributed by atoms with Gasteiger partial charge >= 0.3 is 5.97 Å². The van der Waals surface area contributed by atoms with E-state index >= 15 is 0 Å². The fraction of sp³-hybridized carbons (Fsp3) is 0.348. The van der Waals surface area contributed by atoms with Gasteiger partial charge in [0.1, 0.15) is 17.9 Å². The number of benzene rings is 2. The number of amides is 1. The van der Waals surface area contributed by atoms with Gasteiger partial charge < -0.3 is 26.0 Å². The van der Waals surface area contributed by atoms with Crippen LogP contribution in [0.3, 0.4) is 0 Å². The van der Waals surface area contributed by atoms with E-state index in [0.717, 1.165) is 15.8 Å². The van der Waals surface area contributed by atoms with Crippen molar-refractivity contribution in [1.29, 1.82) is 0 Å². The van der Waals surface area contributed by atoms with E-state index in [9.17, 15) is 19.8 Å². The third kappa shape index (κ3) is 6.25. The lowest BCUT2D eigenvalue weighted by atomic mass is 10.00. The number of aliphatic hydroxyl groups excluding tert-OH is 1. The van der Waals surface area contributed by atoms with Crippen LogP contribution in [0.5, 0.6) is 10.9 Å². The normalized spacial score (nSPS) is 14.2. The predicted molar refractivity (Wildman–Crippen MR) is 123 cm³/mol. The molecule has 0 aliphatic rings. The minimum Gasteiger partial charge on any atom is -0.480 e. The largest absolute Gasteiger partial charge is 0.480 e. The number of carboxylic acid groups (broad SMARTS) is 1. The first-order chi connectivity index (χ1) is 15.2. The Kier molecular flexibility index (Phi) is 7.79. The summed E-state index contributed by atoms with van der Waals surface area (Å²) in [6.07, 6.45) is -1.03. The molecule has 170 valence electrons. The third-order valence-electron chi connectivity index (χ3n) is 4.87. The first-order valence-electron chi connectivity index (χ1n) is 10.3. The maximum Gasteiger partial charge on any atom is 0.326 e. The van der Waals surface area contributed by atoms with Crippen LogP contribution in [0.1, 0.15) is 25.8 Å². The van der Waals surface area contributed by atoms with Gasteiger partial charge in [-0.1, -0.05) is 49.4 Å². The van der Waals surface area contributed by atoms with Gasteiger partial charge in [0.25, 0.3) is 11.1 Å². The van der Waals surface area contributed by atoms with Crippen LogP contribution in [0.15, 0.2) is 48.5 Å². The lowest BCUT2D eigenvalue weighted by Gasteiger charge is -2.22. The van der Waals surface area contributed by atoms with Crippen molar-refractivity contribution in [2.45, 2.75) is 44.9 Å². The van der Waals surface area contributed by atoms with E-state index in [1.165, 1.54) is 11.3 Å². The number of carbonyl (C=O) groups excluding carboxylic acids is 1. The number of fused-ring (bicyclic) bond motifs is 1. The molecule has 0 fully saturated rings. The fourth-order valence-corrected chi connectivity index (χ4v) is 4.05. The van der Waals surface area contributed by atoms with E-state index < -0.39 is 30.1 Å². The van der Waals surface area contributed by atoms with Crippen molar-refractivity contribution in [3.8, 4) is 10.9 Å². The molecule has 0 aliphatic heterocycles. The molecule has 8 nitrogen and oxygen atoms in total. The number of rotatable bonds is 10. The lowest BCUT2D eigenvalue weighted by Crippen LogP contribution is -2.52. The zero-order valence-corrected chi connectivity index (χ0v) is 18.7. The van der Waals surface area contributed by atoms with Crippen LogP contribution in [-0.2, 0) is 16.0 Å². The summed E-state index contributed by atoms with van der Waals surface area (Å²) in [6, 6.07) is 12.9. The SMILES string of the molecule is CC(C)C[C@H](NC(=O)[C@@H](O)[C@H](N)Cc1ccc(Oc2nc3ccccc3s2)cc1)C(=O)O. The highest BCUT2D eigenvalue weighted by atomic mass is 32.1. The minimum absolute atomic E-state index is 0.0747. The van der Waals surface area contributed by atoms with Crippen molar-refractivity contribution >= 4 is 33.4 Å². The van der Waals surface area contributed by atoms with Gasteiger partial charge in [0, 0.05) is 6.04 Å². The second-order valence-electron chi connectivity index (χ2n) is 8.04. The molecule has 9 heteroatoms. The van der Waals surface area contributed by atoms with E-state index in [-0.39, 0.29) is 18.8 Å². The fourth-order valence-electron chi connectivity index (χ4n) is 3.22. The first-order valence-corrected chi connectivity index (χ1v) is 11.1. The van der Waals surface area contributed by atoms with E-state index in [2.05, 4.69) is 10.3 Å². The Bertz CT molecular complexity index is 1030. The highest BCUT2D eigenvalue weighted by molar-refractivity contribution is 7.20. The molecule has 2 aromatic carbocycles. The number of para-hydroxylation sites is 1. The summed E-state index contributed by atoms with van der Waals surface area (Å²) in [7, 11) is 0. The van der Waals surface area contributed by atoms with Crippen LogP contribution in [0.25, 0.3) is 10.2 Å².